The zero-order valence-electron chi connectivity index (χ0n) is 11.1. The topological polar surface area (TPSA) is 23.5 Å². The van der Waals surface area contributed by atoms with Crippen molar-refractivity contribution in [3.63, 3.8) is 0 Å². The van der Waals surface area contributed by atoms with Gasteiger partial charge in [-0.2, -0.15) is 11.8 Å². The van der Waals surface area contributed by atoms with Crippen molar-refractivity contribution in [2.24, 2.45) is 0 Å². The third-order valence-electron chi connectivity index (χ3n) is 4.09. The number of hydrogen-bond acceptors (Lipinski definition) is 3. The molecule has 0 radical (unpaired) electrons. The molecule has 1 aliphatic heterocycles. The summed E-state index contributed by atoms with van der Waals surface area (Å²) < 4.78 is 0.312. The predicted octanol–water partition coefficient (Wildman–Crippen LogP) is 2.47. The fourth-order valence-electron chi connectivity index (χ4n) is 3.22. The Balaban J connectivity index is 1.80. The monoisotopic (exact) mass is 263 g/mol. The maximum absolute atomic E-state index is 10.5. The van der Waals surface area contributed by atoms with Crippen molar-refractivity contribution in [1.82, 2.24) is 4.90 Å². The lowest BCUT2D eigenvalue weighted by atomic mass is 10.1. The van der Waals surface area contributed by atoms with Gasteiger partial charge in [-0.25, -0.2) is 0 Å². The van der Waals surface area contributed by atoms with E-state index in [1.807, 2.05) is 17.8 Å². The van der Waals surface area contributed by atoms with Crippen molar-refractivity contribution in [3.8, 4) is 0 Å². The van der Waals surface area contributed by atoms with Crippen molar-refractivity contribution < 1.29 is 5.11 Å². The zero-order valence-corrected chi connectivity index (χ0v) is 11.9. The van der Waals surface area contributed by atoms with E-state index in [2.05, 4.69) is 36.9 Å². The lowest BCUT2D eigenvalue weighted by Crippen LogP contribution is -2.49. The van der Waals surface area contributed by atoms with Crippen molar-refractivity contribution in [2.75, 3.05) is 18.8 Å². The molecule has 1 fully saturated rings. The summed E-state index contributed by atoms with van der Waals surface area (Å²) in [6.45, 7) is 6.79. The van der Waals surface area contributed by atoms with Crippen LogP contribution in [0, 0.1) is 0 Å². The molecule has 3 rings (SSSR count). The van der Waals surface area contributed by atoms with E-state index in [1.165, 1.54) is 11.3 Å². The summed E-state index contributed by atoms with van der Waals surface area (Å²) in [5.74, 6) is 1.17. The smallest absolute Gasteiger partial charge is 0.0951 e. The normalized spacial score (nSPS) is 31.3. The zero-order chi connectivity index (χ0) is 12.8. The first kappa shape index (κ1) is 12.5. The fourth-order valence-corrected chi connectivity index (χ4v) is 4.35. The van der Waals surface area contributed by atoms with Crippen LogP contribution in [0.5, 0.6) is 0 Å². The molecule has 0 amide bonds. The molecular weight excluding hydrogens is 242 g/mol. The molecule has 2 nitrogen and oxygen atoms in total. The van der Waals surface area contributed by atoms with Gasteiger partial charge in [0.05, 0.1) is 6.10 Å². The van der Waals surface area contributed by atoms with Crippen LogP contribution >= 0.6 is 11.8 Å². The predicted molar refractivity (Wildman–Crippen MR) is 77.0 cm³/mol. The number of benzene rings is 1. The third kappa shape index (κ3) is 2.20. The van der Waals surface area contributed by atoms with Gasteiger partial charge in [0.1, 0.15) is 0 Å². The first-order valence-corrected chi connectivity index (χ1v) is 7.69. The molecule has 2 atom stereocenters. The highest BCUT2D eigenvalue weighted by molar-refractivity contribution is 8.00. The average Bonchev–Trinajstić information content (AvgIpc) is 2.66. The summed E-state index contributed by atoms with van der Waals surface area (Å²) in [7, 11) is 0. The van der Waals surface area contributed by atoms with Gasteiger partial charge in [-0.1, -0.05) is 24.3 Å². The number of aliphatic hydroxyl groups is 1. The lowest BCUT2D eigenvalue weighted by molar-refractivity contribution is 0.0579. The highest BCUT2D eigenvalue weighted by atomic mass is 32.2. The Morgan fingerprint density at radius 2 is 2.11 bits per heavy atom. The summed E-state index contributed by atoms with van der Waals surface area (Å²) in [6.07, 6.45) is 0.693. The van der Waals surface area contributed by atoms with E-state index in [0.717, 1.165) is 25.1 Å². The first-order chi connectivity index (χ1) is 8.57. The van der Waals surface area contributed by atoms with Crippen molar-refractivity contribution in [1.29, 1.82) is 0 Å². The second-order valence-electron chi connectivity index (χ2n) is 5.99. The molecular formula is C15H21NOS. The second kappa shape index (κ2) is 4.55. The van der Waals surface area contributed by atoms with Crippen LogP contribution in [0.2, 0.25) is 0 Å². The molecule has 0 aromatic heterocycles. The highest BCUT2D eigenvalue weighted by Crippen LogP contribution is 2.38. The van der Waals surface area contributed by atoms with Gasteiger partial charge < -0.3 is 5.11 Å². The molecule has 0 saturated carbocycles. The summed E-state index contributed by atoms with van der Waals surface area (Å²) in [6, 6.07) is 8.61. The van der Waals surface area contributed by atoms with E-state index >= 15 is 0 Å². The van der Waals surface area contributed by atoms with E-state index < -0.39 is 0 Å². The van der Waals surface area contributed by atoms with Crippen molar-refractivity contribution in [3.05, 3.63) is 35.4 Å². The van der Waals surface area contributed by atoms with Crippen molar-refractivity contribution in [2.45, 2.75) is 37.2 Å². The van der Waals surface area contributed by atoms with Crippen LogP contribution < -0.4 is 0 Å². The maximum atomic E-state index is 10.5. The molecule has 1 aromatic carbocycles. The average molecular weight is 263 g/mol. The summed E-state index contributed by atoms with van der Waals surface area (Å²) in [5, 5.41) is 10.5. The Bertz CT molecular complexity index is 446. The molecule has 1 N–H and O–H groups in total. The quantitative estimate of drug-likeness (QED) is 0.842. The molecule has 1 aliphatic carbocycles. The molecule has 1 heterocycles. The Hall–Kier alpha value is -0.510. The number of thioether (sulfide) groups is 1. The largest absolute Gasteiger partial charge is 0.387 e. The first-order valence-electron chi connectivity index (χ1n) is 6.71. The molecule has 2 aliphatic rings. The number of aliphatic hydroxyl groups excluding tert-OH is 1. The number of nitrogens with zero attached hydrogens (tertiary/aromatic N) is 1. The van der Waals surface area contributed by atoms with E-state index in [9.17, 15) is 5.11 Å². The van der Waals surface area contributed by atoms with Gasteiger partial charge in [0.25, 0.3) is 0 Å². The maximum Gasteiger partial charge on any atom is 0.0951 e. The molecule has 0 spiro atoms. The number of rotatable bonds is 1. The fraction of sp³-hybridized carbons (Fsp3) is 0.600. The van der Waals surface area contributed by atoms with Crippen LogP contribution in [0.25, 0.3) is 0 Å². The molecule has 0 bridgehead atoms. The van der Waals surface area contributed by atoms with Crippen LogP contribution in [-0.2, 0) is 6.42 Å². The van der Waals surface area contributed by atoms with Crippen LogP contribution in [0.15, 0.2) is 24.3 Å². The molecule has 2 unspecified atom stereocenters. The summed E-state index contributed by atoms with van der Waals surface area (Å²) >= 11 is 2.04. The van der Waals surface area contributed by atoms with E-state index in [1.54, 1.807) is 0 Å². The molecule has 3 heteroatoms. The molecule has 98 valence electrons. The van der Waals surface area contributed by atoms with Crippen LogP contribution in [0.4, 0.5) is 0 Å². The number of hydrogen-bond donors (Lipinski definition) is 1. The molecule has 18 heavy (non-hydrogen) atoms. The summed E-state index contributed by atoms with van der Waals surface area (Å²) in [4.78, 5) is 2.49. The van der Waals surface area contributed by atoms with Crippen LogP contribution in [0.1, 0.15) is 31.1 Å². The van der Waals surface area contributed by atoms with E-state index in [0.29, 0.717) is 4.75 Å². The Morgan fingerprint density at radius 1 is 1.33 bits per heavy atom. The Kier molecular flexibility index (Phi) is 3.16. The minimum Gasteiger partial charge on any atom is -0.387 e. The van der Waals surface area contributed by atoms with E-state index in [4.69, 9.17) is 0 Å². The Labute approximate surface area is 113 Å². The van der Waals surface area contributed by atoms with Crippen LogP contribution in [-0.4, -0.2) is 39.6 Å². The molecule has 1 aromatic rings. The third-order valence-corrected chi connectivity index (χ3v) is 5.39. The van der Waals surface area contributed by atoms with Gasteiger partial charge in [-0.05, 0) is 31.4 Å². The van der Waals surface area contributed by atoms with Gasteiger partial charge in [-0.3, -0.25) is 4.90 Å². The molecule has 1 saturated heterocycles. The van der Waals surface area contributed by atoms with Gasteiger partial charge in [0.2, 0.25) is 0 Å². The highest BCUT2D eigenvalue weighted by Gasteiger charge is 2.38. The van der Waals surface area contributed by atoms with Gasteiger partial charge >= 0.3 is 0 Å². The van der Waals surface area contributed by atoms with Gasteiger partial charge in [-0.15, -0.1) is 0 Å². The standard InChI is InChI=1S/C15H21NOS/c1-15(2)10-16(7-8-18-15)13-9-11-5-3-4-6-12(11)14(13)17/h3-6,13-14,17H,7-10H2,1-2H3. The minimum absolute atomic E-state index is 0.280. The van der Waals surface area contributed by atoms with Gasteiger partial charge in [0, 0.05) is 29.6 Å². The SMILES string of the molecule is CC1(C)CN(C2Cc3ccccc3C2O)CCS1. The van der Waals surface area contributed by atoms with Gasteiger partial charge in [0.15, 0.2) is 0 Å². The minimum atomic E-state index is -0.305. The van der Waals surface area contributed by atoms with Crippen LogP contribution in [0.3, 0.4) is 0 Å². The van der Waals surface area contributed by atoms with Crippen molar-refractivity contribution >= 4 is 11.8 Å². The second-order valence-corrected chi connectivity index (χ2v) is 7.80. The lowest BCUT2D eigenvalue weighted by Gasteiger charge is -2.41. The summed E-state index contributed by atoms with van der Waals surface area (Å²) in [5.41, 5.74) is 2.46. The number of fused-ring (bicyclic) bond motifs is 1. The van der Waals surface area contributed by atoms with E-state index in [-0.39, 0.29) is 12.1 Å². The Morgan fingerprint density at radius 3 is 2.83 bits per heavy atom.